The minimum atomic E-state index is -0.485. The Morgan fingerprint density at radius 3 is 2.29 bits per heavy atom. The molecule has 28 heavy (non-hydrogen) atoms. The van der Waals surface area contributed by atoms with Crippen molar-refractivity contribution in [1.82, 2.24) is 4.90 Å². The van der Waals surface area contributed by atoms with Crippen molar-refractivity contribution in [3.63, 3.8) is 0 Å². The zero-order chi connectivity index (χ0) is 20.0. The molecule has 1 fully saturated rings. The van der Waals surface area contributed by atoms with Gasteiger partial charge in [-0.3, -0.25) is 0 Å². The summed E-state index contributed by atoms with van der Waals surface area (Å²) in [6.45, 7) is 7.36. The molecule has 1 aliphatic heterocycles. The van der Waals surface area contributed by atoms with Gasteiger partial charge in [-0.25, -0.2) is 4.79 Å². The molecule has 0 aromatic heterocycles. The SMILES string of the molecule is CC(C)(C)OC(=O)N1CCCC1COc1ccc(OCc2ccccc2)cc1. The average molecular weight is 383 g/mol. The molecule has 5 heteroatoms. The summed E-state index contributed by atoms with van der Waals surface area (Å²) in [6, 6.07) is 17.7. The van der Waals surface area contributed by atoms with Crippen molar-refractivity contribution >= 4 is 6.09 Å². The summed E-state index contributed by atoms with van der Waals surface area (Å²) in [5, 5.41) is 0. The molecule has 0 bridgehead atoms. The molecule has 0 saturated carbocycles. The molecule has 1 saturated heterocycles. The van der Waals surface area contributed by atoms with Gasteiger partial charge >= 0.3 is 6.09 Å². The number of likely N-dealkylation sites (tertiary alicyclic amines) is 1. The number of benzene rings is 2. The van der Waals surface area contributed by atoms with Crippen LogP contribution < -0.4 is 9.47 Å². The standard InChI is InChI=1S/C23H29NO4/c1-23(2,3)28-22(25)24-15-7-10-19(24)17-27-21-13-11-20(12-14-21)26-16-18-8-5-4-6-9-18/h4-6,8-9,11-14,19H,7,10,15-17H2,1-3H3. The second kappa shape index (κ2) is 9.00. The lowest BCUT2D eigenvalue weighted by Gasteiger charge is -2.28. The van der Waals surface area contributed by atoms with Crippen molar-refractivity contribution < 1.29 is 19.0 Å². The molecule has 1 unspecified atom stereocenters. The van der Waals surface area contributed by atoms with Crippen LogP contribution in [0, 0.1) is 0 Å². The van der Waals surface area contributed by atoms with Crippen LogP contribution >= 0.6 is 0 Å². The van der Waals surface area contributed by atoms with Gasteiger partial charge in [0.05, 0.1) is 6.04 Å². The summed E-state index contributed by atoms with van der Waals surface area (Å²) in [4.78, 5) is 14.1. The minimum absolute atomic E-state index is 0.0452. The van der Waals surface area contributed by atoms with E-state index in [-0.39, 0.29) is 12.1 Å². The molecule has 5 nitrogen and oxygen atoms in total. The van der Waals surface area contributed by atoms with E-state index in [1.54, 1.807) is 4.90 Å². The highest BCUT2D eigenvalue weighted by Gasteiger charge is 2.32. The number of carbonyl (C=O) groups is 1. The van der Waals surface area contributed by atoms with Crippen LogP contribution in [0.4, 0.5) is 4.79 Å². The van der Waals surface area contributed by atoms with E-state index < -0.39 is 5.60 Å². The van der Waals surface area contributed by atoms with Crippen LogP contribution in [-0.2, 0) is 11.3 Å². The molecular formula is C23H29NO4. The Morgan fingerprint density at radius 1 is 1.00 bits per heavy atom. The largest absolute Gasteiger partial charge is 0.491 e. The maximum Gasteiger partial charge on any atom is 0.410 e. The van der Waals surface area contributed by atoms with Crippen LogP contribution in [0.25, 0.3) is 0 Å². The molecule has 0 aliphatic carbocycles. The first-order valence-electron chi connectivity index (χ1n) is 9.80. The van der Waals surface area contributed by atoms with Gasteiger partial charge in [0.1, 0.15) is 30.3 Å². The first-order chi connectivity index (χ1) is 13.4. The molecule has 0 radical (unpaired) electrons. The lowest BCUT2D eigenvalue weighted by molar-refractivity contribution is 0.0187. The van der Waals surface area contributed by atoms with E-state index in [4.69, 9.17) is 14.2 Å². The van der Waals surface area contributed by atoms with Crippen molar-refractivity contribution in [2.45, 2.75) is 51.9 Å². The molecule has 2 aromatic carbocycles. The second-order valence-electron chi connectivity index (χ2n) is 8.03. The lowest BCUT2D eigenvalue weighted by Crippen LogP contribution is -2.42. The monoisotopic (exact) mass is 383 g/mol. The summed E-state index contributed by atoms with van der Waals surface area (Å²) in [5.41, 5.74) is 0.645. The topological polar surface area (TPSA) is 48.0 Å². The Balaban J connectivity index is 1.48. The van der Waals surface area contributed by atoms with Crippen LogP contribution in [0.15, 0.2) is 54.6 Å². The summed E-state index contributed by atoms with van der Waals surface area (Å²) in [7, 11) is 0. The van der Waals surface area contributed by atoms with E-state index >= 15 is 0 Å². The Bertz CT molecular complexity index is 752. The van der Waals surface area contributed by atoms with Gasteiger partial charge in [0, 0.05) is 6.54 Å². The molecule has 1 amide bonds. The smallest absolute Gasteiger partial charge is 0.410 e. The number of rotatable bonds is 6. The zero-order valence-corrected chi connectivity index (χ0v) is 16.9. The number of hydrogen-bond donors (Lipinski definition) is 0. The highest BCUT2D eigenvalue weighted by Crippen LogP contribution is 2.23. The quantitative estimate of drug-likeness (QED) is 0.701. The number of carbonyl (C=O) groups excluding carboxylic acids is 1. The van der Waals surface area contributed by atoms with Crippen molar-refractivity contribution in [1.29, 1.82) is 0 Å². The second-order valence-corrected chi connectivity index (χ2v) is 8.03. The van der Waals surface area contributed by atoms with E-state index in [1.165, 1.54) is 0 Å². The Labute approximate surface area is 167 Å². The predicted molar refractivity (Wildman–Crippen MR) is 109 cm³/mol. The van der Waals surface area contributed by atoms with Crippen molar-refractivity contribution in [2.24, 2.45) is 0 Å². The fourth-order valence-electron chi connectivity index (χ4n) is 3.14. The van der Waals surface area contributed by atoms with Crippen molar-refractivity contribution in [3.05, 3.63) is 60.2 Å². The highest BCUT2D eigenvalue weighted by atomic mass is 16.6. The van der Waals surface area contributed by atoms with E-state index in [0.29, 0.717) is 13.2 Å². The highest BCUT2D eigenvalue weighted by molar-refractivity contribution is 5.69. The van der Waals surface area contributed by atoms with Gasteiger partial charge in [-0.1, -0.05) is 30.3 Å². The predicted octanol–water partition coefficient (Wildman–Crippen LogP) is 5.04. The van der Waals surface area contributed by atoms with E-state index in [9.17, 15) is 4.79 Å². The van der Waals surface area contributed by atoms with Crippen LogP contribution in [0.1, 0.15) is 39.2 Å². The van der Waals surface area contributed by atoms with Crippen LogP contribution in [-0.4, -0.2) is 35.8 Å². The third kappa shape index (κ3) is 5.91. The normalized spacial score (nSPS) is 16.7. The fraction of sp³-hybridized carbons (Fsp3) is 0.435. The molecule has 1 atom stereocenters. The van der Waals surface area contributed by atoms with Gasteiger partial charge in [0.25, 0.3) is 0 Å². The molecular weight excluding hydrogens is 354 g/mol. The first-order valence-corrected chi connectivity index (χ1v) is 9.80. The van der Waals surface area contributed by atoms with Gasteiger partial charge in [0.2, 0.25) is 0 Å². The summed E-state index contributed by atoms with van der Waals surface area (Å²) in [6.07, 6.45) is 1.64. The molecule has 3 rings (SSSR count). The number of nitrogens with zero attached hydrogens (tertiary/aromatic N) is 1. The van der Waals surface area contributed by atoms with E-state index in [1.807, 2.05) is 75.4 Å². The first kappa shape index (κ1) is 20.1. The lowest BCUT2D eigenvalue weighted by atomic mass is 10.2. The Kier molecular flexibility index (Phi) is 6.45. The molecule has 1 aliphatic rings. The van der Waals surface area contributed by atoms with E-state index in [2.05, 4.69) is 0 Å². The molecule has 150 valence electrons. The minimum Gasteiger partial charge on any atom is -0.491 e. The van der Waals surface area contributed by atoms with Gasteiger partial charge in [-0.2, -0.15) is 0 Å². The molecule has 1 heterocycles. The molecule has 0 spiro atoms. The summed E-state index contributed by atoms with van der Waals surface area (Å²) < 4.78 is 17.2. The van der Waals surface area contributed by atoms with Crippen molar-refractivity contribution in [2.75, 3.05) is 13.2 Å². The fourth-order valence-corrected chi connectivity index (χ4v) is 3.14. The van der Waals surface area contributed by atoms with Gasteiger partial charge < -0.3 is 19.1 Å². The third-order valence-electron chi connectivity index (χ3n) is 4.52. The maximum atomic E-state index is 12.3. The number of hydrogen-bond acceptors (Lipinski definition) is 4. The number of amides is 1. The van der Waals surface area contributed by atoms with Gasteiger partial charge in [-0.15, -0.1) is 0 Å². The summed E-state index contributed by atoms with van der Waals surface area (Å²) >= 11 is 0. The van der Waals surface area contributed by atoms with Gasteiger partial charge in [-0.05, 0) is 63.4 Å². The van der Waals surface area contributed by atoms with Crippen LogP contribution in [0.5, 0.6) is 11.5 Å². The summed E-state index contributed by atoms with van der Waals surface area (Å²) in [5.74, 6) is 1.57. The van der Waals surface area contributed by atoms with E-state index in [0.717, 1.165) is 36.4 Å². The van der Waals surface area contributed by atoms with Gasteiger partial charge in [0.15, 0.2) is 0 Å². The Hall–Kier alpha value is -2.69. The molecule has 0 N–H and O–H groups in total. The number of ether oxygens (including phenoxy) is 3. The Morgan fingerprint density at radius 2 is 1.64 bits per heavy atom. The average Bonchev–Trinajstić information content (AvgIpc) is 3.14. The third-order valence-corrected chi connectivity index (χ3v) is 4.52. The molecule has 2 aromatic rings. The van der Waals surface area contributed by atoms with Crippen molar-refractivity contribution in [3.8, 4) is 11.5 Å². The maximum absolute atomic E-state index is 12.3. The zero-order valence-electron chi connectivity index (χ0n) is 16.9. The van der Waals surface area contributed by atoms with Crippen LogP contribution in [0.3, 0.4) is 0 Å². The van der Waals surface area contributed by atoms with Crippen LogP contribution in [0.2, 0.25) is 0 Å².